The summed E-state index contributed by atoms with van der Waals surface area (Å²) in [5.41, 5.74) is 12.2. The van der Waals surface area contributed by atoms with Gasteiger partial charge in [-0.3, -0.25) is 9.47 Å². The SMILES string of the molecule is c1ccc(-c2ccc(N(c3ccc(-c4ccc5c(c4)c4c(n5-c5ccccc5)N(c5ccccc5)c5ccccc5O4)cc3)c3cccc4ccccc34)cc2)cc1. The first-order chi connectivity index (χ1) is 28.8. The van der Waals surface area contributed by atoms with E-state index in [1.807, 2.05) is 6.07 Å². The Morgan fingerprint density at radius 1 is 0.397 bits per heavy atom. The second-order valence-electron chi connectivity index (χ2n) is 14.6. The van der Waals surface area contributed by atoms with Gasteiger partial charge < -0.3 is 9.64 Å². The molecule has 4 heteroatoms. The number of anilines is 6. The Labute approximate surface area is 337 Å². The Balaban J connectivity index is 1.04. The number of hydrogen-bond acceptors (Lipinski definition) is 3. The Bertz CT molecular complexity index is 3060. The topological polar surface area (TPSA) is 20.6 Å². The summed E-state index contributed by atoms with van der Waals surface area (Å²) >= 11 is 0. The summed E-state index contributed by atoms with van der Waals surface area (Å²) in [6.07, 6.45) is 0. The first-order valence-electron chi connectivity index (χ1n) is 19.7. The lowest BCUT2D eigenvalue weighted by Crippen LogP contribution is -2.18. The molecule has 0 atom stereocenters. The molecular formula is C54H37N3O. The molecule has 9 aromatic carbocycles. The van der Waals surface area contributed by atoms with Crippen molar-refractivity contribution >= 4 is 55.9 Å². The lowest BCUT2D eigenvalue weighted by Gasteiger charge is -2.32. The van der Waals surface area contributed by atoms with Crippen molar-refractivity contribution in [1.82, 2.24) is 4.57 Å². The van der Waals surface area contributed by atoms with E-state index in [4.69, 9.17) is 4.74 Å². The number of hydrogen-bond donors (Lipinski definition) is 0. The molecule has 11 rings (SSSR count). The van der Waals surface area contributed by atoms with Gasteiger partial charge in [-0.15, -0.1) is 0 Å². The van der Waals surface area contributed by atoms with Crippen LogP contribution < -0.4 is 14.5 Å². The van der Waals surface area contributed by atoms with Gasteiger partial charge >= 0.3 is 0 Å². The summed E-state index contributed by atoms with van der Waals surface area (Å²) in [6.45, 7) is 0. The van der Waals surface area contributed by atoms with Gasteiger partial charge in [0.2, 0.25) is 0 Å². The smallest absolute Gasteiger partial charge is 0.178 e. The predicted molar refractivity (Wildman–Crippen MR) is 241 cm³/mol. The largest absolute Gasteiger partial charge is 0.451 e. The molecule has 274 valence electrons. The highest BCUT2D eigenvalue weighted by Crippen LogP contribution is 2.55. The van der Waals surface area contributed by atoms with E-state index in [-0.39, 0.29) is 0 Å². The molecule has 0 aliphatic carbocycles. The third kappa shape index (κ3) is 5.70. The third-order valence-electron chi connectivity index (χ3n) is 11.2. The summed E-state index contributed by atoms with van der Waals surface area (Å²) in [5, 5.41) is 3.45. The Kier molecular flexibility index (Phi) is 8.11. The van der Waals surface area contributed by atoms with Gasteiger partial charge in [-0.1, -0.05) is 146 Å². The van der Waals surface area contributed by atoms with Crippen LogP contribution in [0.2, 0.25) is 0 Å². The minimum absolute atomic E-state index is 0.825. The molecular weight excluding hydrogens is 707 g/mol. The van der Waals surface area contributed by atoms with Crippen molar-refractivity contribution in [3.05, 3.63) is 224 Å². The van der Waals surface area contributed by atoms with Crippen LogP contribution in [0.4, 0.5) is 34.3 Å². The van der Waals surface area contributed by atoms with E-state index in [0.29, 0.717) is 0 Å². The lowest BCUT2D eigenvalue weighted by molar-refractivity contribution is 0.481. The number of ether oxygens (including phenoxy) is 1. The minimum Gasteiger partial charge on any atom is -0.451 e. The molecule has 0 spiro atoms. The zero-order chi connectivity index (χ0) is 38.4. The van der Waals surface area contributed by atoms with E-state index in [0.717, 1.165) is 73.5 Å². The van der Waals surface area contributed by atoms with Gasteiger partial charge in [0.1, 0.15) is 0 Å². The van der Waals surface area contributed by atoms with Gasteiger partial charge in [0.15, 0.2) is 17.3 Å². The number of aromatic nitrogens is 1. The van der Waals surface area contributed by atoms with Crippen LogP contribution in [0.3, 0.4) is 0 Å². The van der Waals surface area contributed by atoms with Gasteiger partial charge in [-0.05, 0) is 107 Å². The van der Waals surface area contributed by atoms with Gasteiger partial charge in [0.25, 0.3) is 0 Å². The number of fused-ring (bicyclic) bond motifs is 5. The monoisotopic (exact) mass is 743 g/mol. The van der Waals surface area contributed by atoms with Crippen molar-refractivity contribution in [2.24, 2.45) is 0 Å². The van der Waals surface area contributed by atoms with Crippen LogP contribution in [0, 0.1) is 0 Å². The summed E-state index contributed by atoms with van der Waals surface area (Å²) in [5.74, 6) is 2.63. The average Bonchev–Trinajstić information content (AvgIpc) is 3.62. The van der Waals surface area contributed by atoms with Crippen LogP contribution in [0.15, 0.2) is 224 Å². The lowest BCUT2D eigenvalue weighted by atomic mass is 10.0. The van der Waals surface area contributed by atoms with Crippen molar-refractivity contribution in [1.29, 1.82) is 0 Å². The molecule has 1 aromatic heterocycles. The van der Waals surface area contributed by atoms with E-state index in [1.165, 1.54) is 21.9 Å². The highest BCUT2D eigenvalue weighted by Gasteiger charge is 2.33. The van der Waals surface area contributed by atoms with E-state index < -0.39 is 0 Å². The highest BCUT2D eigenvalue weighted by molar-refractivity contribution is 6.03. The molecule has 0 radical (unpaired) electrons. The number of nitrogens with zero attached hydrogens (tertiary/aromatic N) is 3. The zero-order valence-electron chi connectivity index (χ0n) is 31.6. The first kappa shape index (κ1) is 33.5. The zero-order valence-corrected chi connectivity index (χ0v) is 31.6. The van der Waals surface area contributed by atoms with E-state index in [2.05, 4.69) is 233 Å². The van der Waals surface area contributed by atoms with Gasteiger partial charge in [-0.25, -0.2) is 0 Å². The molecule has 0 bridgehead atoms. The molecule has 1 aliphatic heterocycles. The standard InChI is InChI=1S/C54H37N3O/c1-4-15-38(16-5-1)39-27-32-45(33-28-39)55(49-25-14-18-41-17-10-11-23-47(41)49)46-34-29-40(30-35-46)42-31-36-50-48(37-42)53-54(56(50)43-19-6-2-7-20-43)57(44-21-8-3-9-22-44)51-24-12-13-26-52(51)58-53/h1-37H. The molecule has 10 aromatic rings. The second-order valence-corrected chi connectivity index (χ2v) is 14.6. The third-order valence-corrected chi connectivity index (χ3v) is 11.2. The fourth-order valence-corrected chi connectivity index (χ4v) is 8.43. The minimum atomic E-state index is 0.825. The molecule has 0 fully saturated rings. The van der Waals surface area contributed by atoms with Crippen molar-refractivity contribution in [3.63, 3.8) is 0 Å². The van der Waals surface area contributed by atoms with Gasteiger partial charge in [-0.2, -0.15) is 0 Å². The highest BCUT2D eigenvalue weighted by atomic mass is 16.5. The summed E-state index contributed by atoms with van der Waals surface area (Å²) < 4.78 is 9.21. The predicted octanol–water partition coefficient (Wildman–Crippen LogP) is 15.2. The Morgan fingerprint density at radius 2 is 0.948 bits per heavy atom. The quantitative estimate of drug-likeness (QED) is 0.162. The fourth-order valence-electron chi connectivity index (χ4n) is 8.43. The fraction of sp³-hybridized carbons (Fsp3) is 0. The molecule has 0 unspecified atom stereocenters. The molecule has 0 saturated carbocycles. The molecule has 0 N–H and O–H groups in total. The van der Waals surface area contributed by atoms with Crippen LogP contribution in [0.5, 0.6) is 11.5 Å². The van der Waals surface area contributed by atoms with Crippen LogP contribution in [0.25, 0.3) is 49.6 Å². The van der Waals surface area contributed by atoms with E-state index in [9.17, 15) is 0 Å². The maximum atomic E-state index is 6.89. The van der Waals surface area contributed by atoms with Crippen LogP contribution in [-0.4, -0.2) is 4.57 Å². The Morgan fingerprint density at radius 3 is 1.67 bits per heavy atom. The number of rotatable bonds is 7. The molecule has 0 saturated heterocycles. The Hall–Kier alpha value is -7.82. The number of para-hydroxylation sites is 4. The molecule has 58 heavy (non-hydrogen) atoms. The van der Waals surface area contributed by atoms with E-state index in [1.54, 1.807) is 0 Å². The van der Waals surface area contributed by atoms with Crippen molar-refractivity contribution in [3.8, 4) is 39.4 Å². The number of benzene rings is 9. The normalized spacial score (nSPS) is 11.9. The van der Waals surface area contributed by atoms with Gasteiger partial charge in [0.05, 0.1) is 16.9 Å². The van der Waals surface area contributed by atoms with Crippen LogP contribution in [-0.2, 0) is 0 Å². The van der Waals surface area contributed by atoms with Crippen LogP contribution >= 0.6 is 0 Å². The molecule has 0 amide bonds. The first-order valence-corrected chi connectivity index (χ1v) is 19.7. The molecule has 4 nitrogen and oxygen atoms in total. The van der Waals surface area contributed by atoms with Crippen molar-refractivity contribution < 1.29 is 4.74 Å². The summed E-state index contributed by atoms with van der Waals surface area (Å²) in [4.78, 5) is 4.69. The maximum absolute atomic E-state index is 6.89. The van der Waals surface area contributed by atoms with Gasteiger partial charge in [0, 0.05) is 33.5 Å². The summed E-state index contributed by atoms with van der Waals surface area (Å²) in [6, 6.07) is 79.7. The summed E-state index contributed by atoms with van der Waals surface area (Å²) in [7, 11) is 0. The van der Waals surface area contributed by atoms with Crippen molar-refractivity contribution in [2.45, 2.75) is 0 Å². The maximum Gasteiger partial charge on any atom is 0.178 e. The molecule has 2 heterocycles. The molecule has 1 aliphatic rings. The average molecular weight is 744 g/mol. The van der Waals surface area contributed by atoms with Crippen molar-refractivity contribution in [2.75, 3.05) is 9.80 Å². The second kappa shape index (κ2) is 14.0. The van der Waals surface area contributed by atoms with Crippen LogP contribution in [0.1, 0.15) is 0 Å². The van der Waals surface area contributed by atoms with E-state index >= 15 is 0 Å².